The molecule has 3 aromatic rings. The Labute approximate surface area is 184 Å². The van der Waals surface area contributed by atoms with E-state index >= 15 is 0 Å². The maximum atomic E-state index is 11.2. The van der Waals surface area contributed by atoms with Crippen LogP contribution in [0.5, 0.6) is 0 Å². The Morgan fingerprint density at radius 2 is 1.57 bits per heavy atom. The summed E-state index contributed by atoms with van der Waals surface area (Å²) in [5.41, 5.74) is 5.69. The minimum Gasteiger partial charge on any atom is -0.502 e. The van der Waals surface area contributed by atoms with Crippen LogP contribution < -0.4 is 9.88 Å². The zero-order valence-electron chi connectivity index (χ0n) is 18.2. The number of hydrogen-bond donors (Lipinski definition) is 2. The van der Waals surface area contributed by atoms with Crippen LogP contribution in [0.3, 0.4) is 0 Å². The molecule has 0 aliphatic carbocycles. The molecule has 0 saturated carbocycles. The zero-order chi connectivity index (χ0) is 21.9. The molecular formula is C26H29N2OS+. The second-order valence-corrected chi connectivity index (χ2v) is 8.99. The van der Waals surface area contributed by atoms with Gasteiger partial charge in [0.1, 0.15) is 0 Å². The number of anilines is 1. The van der Waals surface area contributed by atoms with E-state index in [0.717, 1.165) is 22.4 Å². The van der Waals surface area contributed by atoms with Gasteiger partial charge in [-0.05, 0) is 42.0 Å². The molecule has 0 unspecified atom stereocenters. The highest BCUT2D eigenvalue weighted by Gasteiger charge is 2.24. The van der Waals surface area contributed by atoms with E-state index in [0.29, 0.717) is 10.7 Å². The molecule has 3 rings (SSSR count). The molecular weight excluding hydrogens is 388 g/mol. The minimum absolute atomic E-state index is 0.0500. The molecule has 30 heavy (non-hydrogen) atoms. The van der Waals surface area contributed by atoms with Gasteiger partial charge in [0.25, 0.3) is 5.70 Å². The van der Waals surface area contributed by atoms with Crippen molar-refractivity contribution >= 4 is 34.3 Å². The van der Waals surface area contributed by atoms with Gasteiger partial charge in [-0.1, -0.05) is 75.5 Å². The molecule has 0 aliphatic heterocycles. The quantitative estimate of drug-likeness (QED) is 0.229. The molecule has 0 aliphatic rings. The number of nitrogens with one attached hydrogen (secondary N) is 1. The summed E-state index contributed by atoms with van der Waals surface area (Å²) < 4.78 is 1.84. The summed E-state index contributed by atoms with van der Waals surface area (Å²) in [6, 6.07) is 20.0. The first-order valence-electron chi connectivity index (χ1n) is 10.1. The van der Waals surface area contributed by atoms with Gasteiger partial charge >= 0.3 is 0 Å². The predicted molar refractivity (Wildman–Crippen MR) is 130 cm³/mol. The highest BCUT2D eigenvalue weighted by molar-refractivity contribution is 7.81. The molecule has 2 aromatic carbocycles. The standard InChI is InChI=1S/C26H28N2OS/c1-18-9-10-19(2)22(17-18)27-25(30)23(28-15-7-6-8-16-28)24(29)20-11-13-21(14-12-20)26(3,4)5/h6-17H,1-5H3,(H-,27,29,30)/p+1. The van der Waals surface area contributed by atoms with E-state index < -0.39 is 0 Å². The number of aromatic nitrogens is 1. The molecule has 0 spiro atoms. The van der Waals surface area contributed by atoms with Crippen molar-refractivity contribution in [2.45, 2.75) is 40.0 Å². The van der Waals surface area contributed by atoms with Crippen molar-refractivity contribution in [1.82, 2.24) is 0 Å². The van der Waals surface area contributed by atoms with Crippen LogP contribution >= 0.6 is 12.2 Å². The predicted octanol–water partition coefficient (Wildman–Crippen LogP) is 6.21. The first-order chi connectivity index (χ1) is 14.2. The van der Waals surface area contributed by atoms with Crippen LogP contribution in [0, 0.1) is 13.8 Å². The van der Waals surface area contributed by atoms with E-state index in [1.807, 2.05) is 61.1 Å². The van der Waals surface area contributed by atoms with Gasteiger partial charge in [-0.25, -0.2) is 0 Å². The summed E-state index contributed by atoms with van der Waals surface area (Å²) in [7, 11) is 0. The fourth-order valence-electron chi connectivity index (χ4n) is 3.21. The number of benzene rings is 2. The number of aliphatic hydroxyl groups excluding tert-OH is 1. The van der Waals surface area contributed by atoms with Crippen LogP contribution in [0.15, 0.2) is 73.1 Å². The second kappa shape index (κ2) is 8.80. The Morgan fingerprint density at radius 1 is 0.933 bits per heavy atom. The largest absolute Gasteiger partial charge is 0.502 e. The third kappa shape index (κ3) is 4.95. The number of aryl methyl sites for hydroxylation is 2. The molecule has 0 atom stereocenters. The Hall–Kier alpha value is -2.98. The Kier molecular flexibility index (Phi) is 6.37. The van der Waals surface area contributed by atoms with E-state index in [-0.39, 0.29) is 11.2 Å². The maximum absolute atomic E-state index is 11.2. The normalized spacial score (nSPS) is 12.3. The lowest BCUT2D eigenvalue weighted by atomic mass is 9.86. The Morgan fingerprint density at radius 3 is 2.17 bits per heavy atom. The van der Waals surface area contributed by atoms with Gasteiger partial charge in [-0.15, -0.1) is 0 Å². The van der Waals surface area contributed by atoms with Gasteiger partial charge in [0, 0.05) is 23.4 Å². The van der Waals surface area contributed by atoms with Gasteiger partial charge in [0.2, 0.25) is 0 Å². The fraction of sp³-hybridized carbons (Fsp3) is 0.231. The maximum Gasteiger partial charge on any atom is 0.288 e. The molecule has 1 heterocycles. The first-order valence-corrected chi connectivity index (χ1v) is 10.5. The number of rotatable bonds is 4. The average molecular weight is 418 g/mol. The van der Waals surface area contributed by atoms with Crippen molar-refractivity contribution in [3.05, 3.63) is 95.3 Å². The monoisotopic (exact) mass is 417 g/mol. The summed E-state index contributed by atoms with van der Waals surface area (Å²) in [5, 5.41) is 14.6. The third-order valence-electron chi connectivity index (χ3n) is 5.08. The molecule has 2 N–H and O–H groups in total. The molecule has 1 aromatic heterocycles. The highest BCUT2D eigenvalue weighted by Crippen LogP contribution is 2.26. The van der Waals surface area contributed by atoms with Gasteiger partial charge in [-0.2, -0.15) is 4.57 Å². The number of thiocarbonyl (C=S) groups is 1. The zero-order valence-corrected chi connectivity index (χ0v) is 19.0. The van der Waals surface area contributed by atoms with Crippen molar-refractivity contribution in [3.63, 3.8) is 0 Å². The molecule has 154 valence electrons. The third-order valence-corrected chi connectivity index (χ3v) is 5.37. The van der Waals surface area contributed by atoms with Crippen LogP contribution in [0.4, 0.5) is 5.69 Å². The van der Waals surface area contributed by atoms with Gasteiger partial charge in [-0.3, -0.25) is 0 Å². The average Bonchev–Trinajstić information content (AvgIpc) is 2.71. The van der Waals surface area contributed by atoms with Crippen molar-refractivity contribution in [3.8, 4) is 0 Å². The summed E-state index contributed by atoms with van der Waals surface area (Å²) >= 11 is 5.75. The second-order valence-electron chi connectivity index (χ2n) is 8.58. The van der Waals surface area contributed by atoms with Crippen molar-refractivity contribution in [2.75, 3.05) is 5.32 Å². The summed E-state index contributed by atoms with van der Waals surface area (Å²) in [6.45, 7) is 10.6. The van der Waals surface area contributed by atoms with Crippen LogP contribution in [0.2, 0.25) is 0 Å². The van der Waals surface area contributed by atoms with Crippen LogP contribution in [0.1, 0.15) is 43.0 Å². The number of hydrogen-bond acceptors (Lipinski definition) is 2. The first kappa shape index (κ1) is 21.7. The number of pyridine rings is 1. The Balaban J connectivity index is 2.06. The number of nitrogens with zero attached hydrogens (tertiary/aromatic N) is 1. The summed E-state index contributed by atoms with van der Waals surface area (Å²) in [6.07, 6.45) is 3.76. The lowest BCUT2D eigenvalue weighted by Gasteiger charge is -2.19. The van der Waals surface area contributed by atoms with Crippen molar-refractivity contribution in [1.29, 1.82) is 0 Å². The SMILES string of the molecule is Cc1ccc(C)c(NC(=S)C(=C(O)c2ccc(C(C)(C)C)cc2)[n+]2ccccc2)c1. The van der Waals surface area contributed by atoms with E-state index in [4.69, 9.17) is 12.2 Å². The smallest absolute Gasteiger partial charge is 0.288 e. The summed E-state index contributed by atoms with van der Waals surface area (Å²) in [4.78, 5) is 0.456. The van der Waals surface area contributed by atoms with E-state index in [1.165, 1.54) is 5.56 Å². The lowest BCUT2D eigenvalue weighted by Crippen LogP contribution is -2.38. The minimum atomic E-state index is 0.0500. The fourth-order valence-corrected chi connectivity index (χ4v) is 3.52. The lowest BCUT2D eigenvalue weighted by molar-refractivity contribution is -0.575. The Bertz CT molecular complexity index is 1080. The molecule has 0 amide bonds. The topological polar surface area (TPSA) is 36.1 Å². The van der Waals surface area contributed by atoms with Gasteiger partial charge in [0.15, 0.2) is 23.1 Å². The number of aliphatic hydroxyl groups is 1. The van der Waals surface area contributed by atoms with Crippen molar-refractivity contribution < 1.29 is 9.67 Å². The van der Waals surface area contributed by atoms with E-state index in [2.05, 4.69) is 56.4 Å². The molecule has 0 saturated heterocycles. The molecule has 3 nitrogen and oxygen atoms in total. The van der Waals surface area contributed by atoms with E-state index in [9.17, 15) is 5.11 Å². The van der Waals surface area contributed by atoms with Crippen LogP contribution in [0.25, 0.3) is 11.5 Å². The van der Waals surface area contributed by atoms with Gasteiger partial charge < -0.3 is 10.4 Å². The molecule has 0 radical (unpaired) electrons. The van der Waals surface area contributed by atoms with Crippen molar-refractivity contribution in [2.24, 2.45) is 0 Å². The summed E-state index contributed by atoms with van der Waals surface area (Å²) in [5.74, 6) is 0.134. The van der Waals surface area contributed by atoms with E-state index in [1.54, 1.807) is 0 Å². The van der Waals surface area contributed by atoms with Gasteiger partial charge in [0.05, 0.1) is 0 Å². The molecule has 0 fully saturated rings. The van der Waals surface area contributed by atoms with Crippen LogP contribution in [-0.4, -0.2) is 10.1 Å². The molecule has 4 heteroatoms. The van der Waals surface area contributed by atoms with Crippen LogP contribution in [-0.2, 0) is 5.41 Å². The molecule has 0 bridgehead atoms. The highest BCUT2D eigenvalue weighted by atomic mass is 32.1.